The number of rotatable bonds is 4. The largest absolute Gasteiger partial charge is 0.483 e. The number of nitrogens with one attached hydrogen (secondary N) is 1. The van der Waals surface area contributed by atoms with E-state index in [0.717, 1.165) is 30.6 Å². The minimum Gasteiger partial charge on any atom is -0.483 e. The van der Waals surface area contributed by atoms with E-state index in [2.05, 4.69) is 10.3 Å². The molecule has 2 heterocycles. The summed E-state index contributed by atoms with van der Waals surface area (Å²) >= 11 is 18.5. The Bertz CT molecular complexity index is 679. The van der Waals surface area contributed by atoms with Crippen molar-refractivity contribution in [2.24, 2.45) is 5.92 Å². The van der Waals surface area contributed by atoms with Gasteiger partial charge < -0.3 is 10.1 Å². The van der Waals surface area contributed by atoms with Crippen LogP contribution in [0, 0.1) is 12.8 Å². The highest BCUT2D eigenvalue weighted by molar-refractivity contribution is 6.35. The van der Waals surface area contributed by atoms with Crippen LogP contribution >= 0.6 is 34.8 Å². The van der Waals surface area contributed by atoms with Gasteiger partial charge in [-0.05, 0) is 43.7 Å². The van der Waals surface area contributed by atoms with Crippen LogP contribution in [0.15, 0.2) is 30.6 Å². The molecule has 0 aliphatic carbocycles. The topological polar surface area (TPSA) is 34.1 Å². The van der Waals surface area contributed by atoms with Crippen LogP contribution in [0.5, 0.6) is 5.75 Å². The average Bonchev–Trinajstić information content (AvgIpc) is 3.00. The molecule has 1 saturated heterocycles. The smallest absolute Gasteiger partial charge is 0.141 e. The summed E-state index contributed by atoms with van der Waals surface area (Å²) in [6.07, 6.45) is 4.29. The van der Waals surface area contributed by atoms with Gasteiger partial charge in [-0.3, -0.25) is 4.98 Å². The Morgan fingerprint density at radius 3 is 2.65 bits per heavy atom. The van der Waals surface area contributed by atoms with Crippen LogP contribution in [0.3, 0.4) is 0 Å². The van der Waals surface area contributed by atoms with Gasteiger partial charge in [0.05, 0.1) is 10.0 Å². The van der Waals surface area contributed by atoms with Gasteiger partial charge in [0.2, 0.25) is 0 Å². The Morgan fingerprint density at radius 2 is 2.00 bits per heavy atom. The molecule has 0 unspecified atom stereocenters. The van der Waals surface area contributed by atoms with E-state index in [9.17, 15) is 0 Å². The van der Waals surface area contributed by atoms with Crippen molar-refractivity contribution >= 4 is 34.8 Å². The molecule has 122 valence electrons. The Balaban J connectivity index is 1.96. The standard InChI is InChI=1S/C17H17Cl3N2O/c1-10-4-13(18)6-15(20)16(10)23-17(11-2-3-21-7-11)12-5-14(19)9-22-8-12/h4-6,8-9,11,17,21H,2-3,7H2,1H3/t11-,17+/m1/s1. The van der Waals surface area contributed by atoms with Crippen LogP contribution < -0.4 is 10.1 Å². The van der Waals surface area contributed by atoms with Gasteiger partial charge in [-0.2, -0.15) is 0 Å². The third-order valence-electron chi connectivity index (χ3n) is 4.02. The predicted molar refractivity (Wildman–Crippen MR) is 94.8 cm³/mol. The van der Waals surface area contributed by atoms with Gasteiger partial charge in [-0.15, -0.1) is 0 Å². The van der Waals surface area contributed by atoms with Crippen LogP contribution in [-0.4, -0.2) is 18.1 Å². The molecule has 1 N–H and O–H groups in total. The number of aryl methyl sites for hydroxylation is 1. The number of ether oxygens (including phenoxy) is 1. The second kappa shape index (κ2) is 7.27. The van der Waals surface area contributed by atoms with E-state index >= 15 is 0 Å². The molecule has 0 amide bonds. The predicted octanol–water partition coefficient (Wildman–Crippen LogP) is 5.08. The van der Waals surface area contributed by atoms with Crippen molar-refractivity contribution in [2.75, 3.05) is 13.1 Å². The summed E-state index contributed by atoms with van der Waals surface area (Å²) in [4.78, 5) is 4.19. The normalized spacial score (nSPS) is 18.9. The molecule has 1 aromatic heterocycles. The van der Waals surface area contributed by atoms with Crippen LogP contribution in [0.1, 0.15) is 23.7 Å². The Morgan fingerprint density at radius 1 is 1.17 bits per heavy atom. The van der Waals surface area contributed by atoms with Gasteiger partial charge in [0.25, 0.3) is 0 Å². The lowest BCUT2D eigenvalue weighted by Gasteiger charge is -2.26. The fourth-order valence-corrected chi connectivity index (χ4v) is 3.74. The number of hydrogen-bond acceptors (Lipinski definition) is 3. The lowest BCUT2D eigenvalue weighted by molar-refractivity contribution is 0.143. The van der Waals surface area contributed by atoms with Crippen LogP contribution in [0.4, 0.5) is 0 Å². The van der Waals surface area contributed by atoms with Crippen molar-refractivity contribution in [2.45, 2.75) is 19.4 Å². The Kier molecular flexibility index (Phi) is 5.32. The maximum Gasteiger partial charge on any atom is 0.141 e. The van der Waals surface area contributed by atoms with Gasteiger partial charge >= 0.3 is 0 Å². The van der Waals surface area contributed by atoms with E-state index in [1.165, 1.54) is 0 Å². The van der Waals surface area contributed by atoms with Crippen LogP contribution in [0.25, 0.3) is 0 Å². The zero-order valence-corrected chi connectivity index (χ0v) is 14.9. The molecule has 1 aromatic carbocycles. The first-order valence-electron chi connectivity index (χ1n) is 7.48. The van der Waals surface area contributed by atoms with E-state index in [4.69, 9.17) is 39.5 Å². The van der Waals surface area contributed by atoms with Gasteiger partial charge in [0.15, 0.2) is 0 Å². The molecular formula is C17H17Cl3N2O. The zero-order valence-electron chi connectivity index (χ0n) is 12.7. The number of halogens is 3. The molecule has 1 aliphatic heterocycles. The highest BCUT2D eigenvalue weighted by atomic mass is 35.5. The van der Waals surface area contributed by atoms with E-state index < -0.39 is 0 Å². The van der Waals surface area contributed by atoms with Crippen molar-refractivity contribution in [3.05, 3.63) is 56.8 Å². The number of pyridine rings is 1. The number of hydrogen-bond donors (Lipinski definition) is 1. The summed E-state index contributed by atoms with van der Waals surface area (Å²) in [6.45, 7) is 3.81. The van der Waals surface area contributed by atoms with Gasteiger partial charge in [0.1, 0.15) is 11.9 Å². The lowest BCUT2D eigenvalue weighted by atomic mass is 9.95. The van der Waals surface area contributed by atoms with Crippen LogP contribution in [0.2, 0.25) is 15.1 Å². The SMILES string of the molecule is Cc1cc(Cl)cc(Cl)c1O[C@H](c1cncc(Cl)c1)[C@@H]1CCNC1. The molecule has 0 saturated carbocycles. The maximum atomic E-state index is 6.34. The van der Waals surface area contributed by atoms with E-state index in [1.807, 2.05) is 19.1 Å². The summed E-state index contributed by atoms with van der Waals surface area (Å²) in [6, 6.07) is 5.45. The first-order valence-corrected chi connectivity index (χ1v) is 8.61. The molecule has 2 atom stereocenters. The first-order chi connectivity index (χ1) is 11.0. The molecule has 3 nitrogen and oxygen atoms in total. The fourth-order valence-electron chi connectivity index (χ4n) is 2.92. The second-order valence-electron chi connectivity index (χ2n) is 5.76. The van der Waals surface area contributed by atoms with Crippen molar-refractivity contribution in [3.63, 3.8) is 0 Å². The van der Waals surface area contributed by atoms with Crippen molar-refractivity contribution < 1.29 is 4.74 Å². The molecule has 0 bridgehead atoms. The first kappa shape index (κ1) is 16.8. The fraction of sp³-hybridized carbons (Fsp3) is 0.353. The van der Waals surface area contributed by atoms with E-state index in [0.29, 0.717) is 26.7 Å². The Labute approximate surface area is 150 Å². The summed E-state index contributed by atoms with van der Waals surface area (Å²) in [7, 11) is 0. The minimum absolute atomic E-state index is 0.159. The second-order valence-corrected chi connectivity index (χ2v) is 7.04. The van der Waals surface area contributed by atoms with Gasteiger partial charge in [-0.1, -0.05) is 34.8 Å². The van der Waals surface area contributed by atoms with Gasteiger partial charge in [0, 0.05) is 35.4 Å². The van der Waals surface area contributed by atoms with Crippen molar-refractivity contribution in [1.29, 1.82) is 0 Å². The number of nitrogens with zero attached hydrogens (tertiary/aromatic N) is 1. The summed E-state index contributed by atoms with van der Waals surface area (Å²) < 4.78 is 6.33. The van der Waals surface area contributed by atoms with Crippen molar-refractivity contribution in [3.8, 4) is 5.75 Å². The third kappa shape index (κ3) is 3.92. The molecule has 2 aromatic rings. The summed E-state index contributed by atoms with van der Waals surface area (Å²) in [5.74, 6) is 0.995. The maximum absolute atomic E-state index is 6.34. The highest BCUT2D eigenvalue weighted by Gasteiger charge is 2.29. The minimum atomic E-state index is -0.159. The molecule has 6 heteroatoms. The quantitative estimate of drug-likeness (QED) is 0.814. The molecule has 0 radical (unpaired) electrons. The lowest BCUT2D eigenvalue weighted by Crippen LogP contribution is -2.22. The molecular weight excluding hydrogens is 355 g/mol. The summed E-state index contributed by atoms with van der Waals surface area (Å²) in [5, 5.41) is 5.09. The molecule has 1 aliphatic rings. The average molecular weight is 372 g/mol. The molecule has 1 fully saturated rings. The monoisotopic (exact) mass is 370 g/mol. The summed E-state index contributed by atoms with van der Waals surface area (Å²) in [5.41, 5.74) is 1.87. The number of benzene rings is 1. The van der Waals surface area contributed by atoms with Crippen molar-refractivity contribution in [1.82, 2.24) is 10.3 Å². The van der Waals surface area contributed by atoms with E-state index in [-0.39, 0.29) is 6.10 Å². The van der Waals surface area contributed by atoms with Gasteiger partial charge in [-0.25, -0.2) is 0 Å². The van der Waals surface area contributed by atoms with E-state index in [1.54, 1.807) is 18.5 Å². The van der Waals surface area contributed by atoms with Crippen LogP contribution in [-0.2, 0) is 0 Å². The Hall–Kier alpha value is -1.00. The zero-order chi connectivity index (χ0) is 16.4. The molecule has 0 spiro atoms. The highest BCUT2D eigenvalue weighted by Crippen LogP contribution is 2.38. The molecule has 23 heavy (non-hydrogen) atoms. The molecule has 3 rings (SSSR count). The third-order valence-corrected chi connectivity index (χ3v) is 4.73. The number of aromatic nitrogens is 1.